The Kier molecular flexibility index (Phi) is 4.66. The van der Waals surface area contributed by atoms with Gasteiger partial charge in [-0.3, -0.25) is 14.9 Å². The fourth-order valence-corrected chi connectivity index (χ4v) is 2.61. The first-order valence-corrected chi connectivity index (χ1v) is 7.06. The molecule has 0 N–H and O–H groups in total. The van der Waals surface area contributed by atoms with Crippen molar-refractivity contribution in [2.24, 2.45) is 0 Å². The van der Waals surface area contributed by atoms with Crippen molar-refractivity contribution < 1.29 is 18.8 Å². The Labute approximate surface area is 122 Å². The molecule has 6 nitrogen and oxygen atoms in total. The van der Waals surface area contributed by atoms with E-state index >= 15 is 0 Å². The zero-order valence-electron chi connectivity index (χ0n) is 10.4. The molecular formula is C12H12BrFN2O4. The van der Waals surface area contributed by atoms with Crippen LogP contribution in [-0.2, 0) is 9.53 Å². The zero-order chi connectivity index (χ0) is 14.7. The smallest absolute Gasteiger partial charge is 0.306 e. The Balaban J connectivity index is 2.28. The van der Waals surface area contributed by atoms with E-state index in [1.54, 1.807) is 4.90 Å². The molecule has 2 atom stereocenters. The first kappa shape index (κ1) is 14.9. The van der Waals surface area contributed by atoms with Crippen molar-refractivity contribution in [3.8, 4) is 0 Å². The largest absolute Gasteiger partial charge is 0.346 e. The summed E-state index contributed by atoms with van der Waals surface area (Å²) in [6, 6.07) is 3.54. The van der Waals surface area contributed by atoms with Gasteiger partial charge in [0.25, 0.3) is 0 Å². The molecule has 0 bridgehead atoms. The Morgan fingerprint density at radius 1 is 1.60 bits per heavy atom. The van der Waals surface area contributed by atoms with Crippen molar-refractivity contribution in [2.75, 3.05) is 16.8 Å². The topological polar surface area (TPSA) is 72.7 Å². The van der Waals surface area contributed by atoms with Gasteiger partial charge < -0.3 is 9.64 Å². The van der Waals surface area contributed by atoms with Gasteiger partial charge in [-0.25, -0.2) is 0 Å². The molecule has 2 rings (SSSR count). The Hall–Kier alpha value is -1.54. The molecule has 1 fully saturated rings. The summed E-state index contributed by atoms with van der Waals surface area (Å²) >= 11 is 3.29. The number of aldehydes is 1. The van der Waals surface area contributed by atoms with E-state index in [1.807, 2.05) is 0 Å². The molecule has 108 valence electrons. The van der Waals surface area contributed by atoms with Crippen LogP contribution in [0.5, 0.6) is 0 Å². The summed E-state index contributed by atoms with van der Waals surface area (Å²) in [5.41, 5.74) is -0.219. The molecule has 0 aromatic heterocycles. The van der Waals surface area contributed by atoms with Crippen molar-refractivity contribution in [3.63, 3.8) is 0 Å². The van der Waals surface area contributed by atoms with E-state index in [1.165, 1.54) is 6.07 Å². The van der Waals surface area contributed by atoms with Crippen molar-refractivity contribution in [1.29, 1.82) is 0 Å². The van der Waals surface area contributed by atoms with E-state index in [-0.39, 0.29) is 6.10 Å². The van der Waals surface area contributed by atoms with E-state index in [0.717, 1.165) is 17.5 Å². The van der Waals surface area contributed by atoms with Gasteiger partial charge in [-0.1, -0.05) is 15.9 Å². The number of halogens is 2. The number of nitro groups is 1. The summed E-state index contributed by atoms with van der Waals surface area (Å²) in [5.74, 6) is -0.904. The van der Waals surface area contributed by atoms with Crippen LogP contribution in [-0.4, -0.2) is 35.4 Å². The highest BCUT2D eigenvalue weighted by molar-refractivity contribution is 9.09. The first-order chi connectivity index (χ1) is 9.56. The minimum atomic E-state index is -0.904. The number of alkyl halides is 1. The summed E-state index contributed by atoms with van der Waals surface area (Å²) in [4.78, 5) is 22.6. The number of hydrogen-bond donors (Lipinski definition) is 0. The summed E-state index contributed by atoms with van der Waals surface area (Å²) in [7, 11) is 0. The predicted octanol–water partition coefficient (Wildman–Crippen LogP) is 2.25. The van der Waals surface area contributed by atoms with Crippen LogP contribution in [0.3, 0.4) is 0 Å². The number of anilines is 1. The number of nitro benzene ring substituents is 1. The molecule has 1 heterocycles. The quantitative estimate of drug-likeness (QED) is 0.354. The molecule has 2 unspecified atom stereocenters. The molecule has 0 aliphatic carbocycles. The van der Waals surface area contributed by atoms with Gasteiger partial charge in [0, 0.05) is 23.6 Å². The number of ether oxygens (including phenoxy) is 1. The normalized spacial score (nSPS) is 22.0. The van der Waals surface area contributed by atoms with Crippen molar-refractivity contribution >= 4 is 33.6 Å². The molecule has 1 aromatic rings. The lowest BCUT2D eigenvalue weighted by Crippen LogP contribution is -2.31. The second-order valence-corrected chi connectivity index (χ2v) is 5.10. The van der Waals surface area contributed by atoms with Crippen LogP contribution in [0, 0.1) is 15.9 Å². The minimum absolute atomic E-state index is 0.145. The maximum Gasteiger partial charge on any atom is 0.306 e. The minimum Gasteiger partial charge on any atom is -0.346 e. The average Bonchev–Trinajstić information content (AvgIpc) is 2.82. The maximum absolute atomic E-state index is 13.3. The molecule has 20 heavy (non-hydrogen) atoms. The number of carbonyl (C=O) groups excluding carboxylic acids is 1. The van der Waals surface area contributed by atoms with Gasteiger partial charge in [-0.05, 0) is 18.6 Å². The number of hydrogen-bond acceptors (Lipinski definition) is 5. The number of nitrogens with zero attached hydrogens (tertiary/aromatic N) is 2. The molecular weight excluding hydrogens is 335 g/mol. The molecule has 0 saturated carbocycles. The molecule has 1 aliphatic heterocycles. The van der Waals surface area contributed by atoms with Crippen LogP contribution in [0.15, 0.2) is 18.2 Å². The summed E-state index contributed by atoms with van der Waals surface area (Å²) in [5, 5.41) is 11.5. The third-order valence-electron chi connectivity index (χ3n) is 3.04. The maximum atomic E-state index is 13.3. The summed E-state index contributed by atoms with van der Waals surface area (Å²) < 4.78 is 18.8. The van der Waals surface area contributed by atoms with Gasteiger partial charge in [-0.2, -0.15) is 4.39 Å². The lowest BCUT2D eigenvalue weighted by atomic mass is 10.2. The van der Waals surface area contributed by atoms with E-state index in [2.05, 4.69) is 15.9 Å². The van der Waals surface area contributed by atoms with E-state index in [9.17, 15) is 19.3 Å². The van der Waals surface area contributed by atoms with Crippen molar-refractivity contribution in [2.45, 2.75) is 18.8 Å². The predicted molar refractivity (Wildman–Crippen MR) is 73.5 cm³/mol. The molecule has 1 aromatic carbocycles. The van der Waals surface area contributed by atoms with Gasteiger partial charge in [-0.15, -0.1) is 0 Å². The van der Waals surface area contributed by atoms with Crippen LogP contribution < -0.4 is 4.90 Å². The average molecular weight is 347 g/mol. The van der Waals surface area contributed by atoms with Crippen molar-refractivity contribution in [3.05, 3.63) is 34.1 Å². The summed E-state index contributed by atoms with van der Waals surface area (Å²) in [6.45, 7) is 0.428. The van der Waals surface area contributed by atoms with E-state index < -0.39 is 22.7 Å². The van der Waals surface area contributed by atoms with Crippen LogP contribution in [0.2, 0.25) is 0 Å². The highest BCUT2D eigenvalue weighted by Gasteiger charge is 2.33. The Morgan fingerprint density at radius 2 is 2.35 bits per heavy atom. The van der Waals surface area contributed by atoms with Crippen LogP contribution in [0.1, 0.15) is 6.42 Å². The third kappa shape index (κ3) is 2.96. The van der Waals surface area contributed by atoms with Crippen molar-refractivity contribution in [1.82, 2.24) is 0 Å². The van der Waals surface area contributed by atoms with Gasteiger partial charge in [0.15, 0.2) is 12.5 Å². The number of benzene rings is 1. The Morgan fingerprint density at radius 3 is 2.95 bits per heavy atom. The standard InChI is InChI=1S/C12H12BrFN2O4/c13-4-3-9-6-15(12(7-17)20-9)8-1-2-10(14)11(5-8)16(18)19/h1-2,5,7,9,12H,3-4,6H2. The van der Waals surface area contributed by atoms with E-state index in [4.69, 9.17) is 4.74 Å². The number of carbonyl (C=O) groups is 1. The lowest BCUT2D eigenvalue weighted by Gasteiger charge is -2.20. The second-order valence-electron chi connectivity index (χ2n) is 4.31. The highest BCUT2D eigenvalue weighted by Crippen LogP contribution is 2.29. The van der Waals surface area contributed by atoms with Crippen LogP contribution in [0.4, 0.5) is 15.8 Å². The van der Waals surface area contributed by atoms with Crippen LogP contribution >= 0.6 is 15.9 Å². The highest BCUT2D eigenvalue weighted by atomic mass is 79.9. The lowest BCUT2D eigenvalue weighted by molar-refractivity contribution is -0.387. The number of rotatable bonds is 5. The zero-order valence-corrected chi connectivity index (χ0v) is 12.0. The van der Waals surface area contributed by atoms with Gasteiger partial charge >= 0.3 is 5.69 Å². The monoisotopic (exact) mass is 346 g/mol. The fraction of sp³-hybridized carbons (Fsp3) is 0.417. The molecule has 0 radical (unpaired) electrons. The molecule has 1 aliphatic rings. The second kappa shape index (κ2) is 6.27. The molecule has 0 spiro atoms. The fourth-order valence-electron chi connectivity index (χ4n) is 2.10. The van der Waals surface area contributed by atoms with Gasteiger partial charge in [0.2, 0.25) is 5.82 Å². The molecule has 1 saturated heterocycles. The van der Waals surface area contributed by atoms with Gasteiger partial charge in [0.05, 0.1) is 11.0 Å². The molecule has 8 heteroatoms. The third-order valence-corrected chi connectivity index (χ3v) is 3.50. The van der Waals surface area contributed by atoms with Gasteiger partial charge in [0.1, 0.15) is 0 Å². The molecule has 0 amide bonds. The van der Waals surface area contributed by atoms with E-state index in [0.29, 0.717) is 24.9 Å². The Bertz CT molecular complexity index is 528. The summed E-state index contributed by atoms with van der Waals surface area (Å²) in [6.07, 6.45) is 0.394. The SMILES string of the molecule is O=CC1OC(CCBr)CN1c1ccc(F)c([N+](=O)[O-])c1. The van der Waals surface area contributed by atoms with Crippen LogP contribution in [0.25, 0.3) is 0 Å². The first-order valence-electron chi connectivity index (χ1n) is 5.94.